The summed E-state index contributed by atoms with van der Waals surface area (Å²) in [6, 6.07) is 0. The van der Waals surface area contributed by atoms with Gasteiger partial charge in [-0.2, -0.15) is 0 Å². The van der Waals surface area contributed by atoms with Gasteiger partial charge in [-0.05, 0) is 0 Å². The molecule has 0 saturated heterocycles. The minimum atomic E-state index is -0.305. The fourth-order valence-electron chi connectivity index (χ4n) is 0.608. The van der Waals surface area contributed by atoms with Crippen LogP contribution in [0, 0.1) is 6.42 Å². The summed E-state index contributed by atoms with van der Waals surface area (Å²) < 4.78 is 4.43. The van der Waals surface area contributed by atoms with Crippen LogP contribution in [-0.2, 0) is 16.0 Å². The zero-order chi connectivity index (χ0) is 8.10. The van der Waals surface area contributed by atoms with Crippen molar-refractivity contribution >= 4 is 17.3 Å². The second-order valence-electron chi connectivity index (χ2n) is 1.86. The molecular formula is C7H8NO2S. The molecule has 1 radical (unpaired) electrons. The van der Waals surface area contributed by atoms with E-state index in [0.29, 0.717) is 6.42 Å². The molecular weight excluding hydrogens is 162 g/mol. The van der Waals surface area contributed by atoms with E-state index in [1.54, 1.807) is 6.20 Å². The standard InChI is InChI=1S/C7H8NO2S/c1-10-7(9)3-2-6-8-4-5-11-6/h3-5H,2H2,1H3. The maximum atomic E-state index is 10.6. The van der Waals surface area contributed by atoms with Crippen molar-refractivity contribution in [3.05, 3.63) is 23.0 Å². The van der Waals surface area contributed by atoms with Crippen molar-refractivity contribution in [2.24, 2.45) is 0 Å². The molecule has 0 amide bonds. The van der Waals surface area contributed by atoms with E-state index in [9.17, 15) is 4.79 Å². The van der Waals surface area contributed by atoms with Gasteiger partial charge < -0.3 is 4.74 Å². The van der Waals surface area contributed by atoms with Crippen molar-refractivity contribution in [2.45, 2.75) is 6.42 Å². The number of methoxy groups -OCH3 is 1. The van der Waals surface area contributed by atoms with Gasteiger partial charge in [-0.15, -0.1) is 11.3 Å². The summed E-state index contributed by atoms with van der Waals surface area (Å²) in [5.74, 6) is -0.305. The molecule has 0 atom stereocenters. The number of esters is 1. The molecule has 11 heavy (non-hydrogen) atoms. The molecule has 0 aliphatic heterocycles. The van der Waals surface area contributed by atoms with E-state index < -0.39 is 0 Å². The molecule has 0 aliphatic rings. The van der Waals surface area contributed by atoms with E-state index in [0.717, 1.165) is 5.01 Å². The van der Waals surface area contributed by atoms with Crippen molar-refractivity contribution < 1.29 is 9.53 Å². The van der Waals surface area contributed by atoms with E-state index in [2.05, 4.69) is 9.72 Å². The van der Waals surface area contributed by atoms with Gasteiger partial charge in [-0.3, -0.25) is 4.79 Å². The molecule has 1 aromatic heterocycles. The normalized spacial score (nSPS) is 9.55. The summed E-state index contributed by atoms with van der Waals surface area (Å²) in [5, 5.41) is 2.80. The van der Waals surface area contributed by atoms with E-state index >= 15 is 0 Å². The van der Waals surface area contributed by atoms with Crippen molar-refractivity contribution in [3.8, 4) is 0 Å². The van der Waals surface area contributed by atoms with Crippen LogP contribution >= 0.6 is 11.3 Å². The quantitative estimate of drug-likeness (QED) is 0.637. The van der Waals surface area contributed by atoms with Crippen LogP contribution in [-0.4, -0.2) is 18.1 Å². The third-order valence-electron chi connectivity index (χ3n) is 1.13. The van der Waals surface area contributed by atoms with E-state index in [1.807, 2.05) is 5.38 Å². The molecule has 0 spiro atoms. The van der Waals surface area contributed by atoms with E-state index in [-0.39, 0.29) is 5.97 Å². The van der Waals surface area contributed by atoms with Crippen LogP contribution in [0.5, 0.6) is 0 Å². The predicted octanol–water partition coefficient (Wildman–Crippen LogP) is 1.06. The minimum Gasteiger partial charge on any atom is -0.469 e. The molecule has 1 rings (SSSR count). The van der Waals surface area contributed by atoms with Crippen LogP contribution in [0.3, 0.4) is 0 Å². The van der Waals surface area contributed by atoms with Crippen LogP contribution in [0.4, 0.5) is 0 Å². The van der Waals surface area contributed by atoms with Gasteiger partial charge in [0.1, 0.15) is 0 Å². The number of ether oxygens (including phenoxy) is 1. The molecule has 4 heteroatoms. The van der Waals surface area contributed by atoms with Gasteiger partial charge in [0.2, 0.25) is 0 Å². The van der Waals surface area contributed by atoms with Crippen LogP contribution < -0.4 is 0 Å². The lowest BCUT2D eigenvalue weighted by molar-refractivity contribution is -0.136. The first kappa shape index (κ1) is 8.20. The predicted molar refractivity (Wildman–Crippen MR) is 42.1 cm³/mol. The number of nitrogens with zero attached hydrogens (tertiary/aromatic N) is 1. The minimum absolute atomic E-state index is 0.305. The highest BCUT2D eigenvalue weighted by molar-refractivity contribution is 7.09. The lowest BCUT2D eigenvalue weighted by Crippen LogP contribution is -2.02. The maximum Gasteiger partial charge on any atom is 0.309 e. The number of aromatic nitrogens is 1. The van der Waals surface area contributed by atoms with Crippen LogP contribution in [0.2, 0.25) is 0 Å². The number of hydrogen-bond donors (Lipinski definition) is 0. The van der Waals surface area contributed by atoms with Gasteiger partial charge in [0, 0.05) is 18.0 Å². The molecule has 0 bridgehead atoms. The second-order valence-corrected chi connectivity index (χ2v) is 2.84. The highest BCUT2D eigenvalue weighted by atomic mass is 32.1. The van der Waals surface area contributed by atoms with Crippen LogP contribution in [0.15, 0.2) is 11.6 Å². The summed E-state index contributed by atoms with van der Waals surface area (Å²) in [5.41, 5.74) is 0. The first-order chi connectivity index (χ1) is 5.33. The number of carbonyl (C=O) groups excluding carboxylic acids is 1. The molecule has 3 nitrogen and oxygen atoms in total. The Morgan fingerprint density at radius 3 is 3.27 bits per heavy atom. The Hall–Kier alpha value is -0.900. The highest BCUT2D eigenvalue weighted by Gasteiger charge is 2.02. The third kappa shape index (κ3) is 2.67. The van der Waals surface area contributed by atoms with Gasteiger partial charge in [-0.25, -0.2) is 4.98 Å². The fraction of sp³-hybridized carbons (Fsp3) is 0.286. The molecule has 0 aliphatic carbocycles. The Labute approximate surface area is 69.0 Å². The molecule has 0 fully saturated rings. The molecule has 0 aromatic carbocycles. The van der Waals surface area contributed by atoms with Crippen molar-refractivity contribution in [3.63, 3.8) is 0 Å². The first-order valence-electron chi connectivity index (χ1n) is 3.12. The SMILES string of the molecule is COC(=O)[CH]Cc1nccs1. The summed E-state index contributed by atoms with van der Waals surface area (Å²) in [7, 11) is 1.36. The van der Waals surface area contributed by atoms with Crippen LogP contribution in [0.25, 0.3) is 0 Å². The highest BCUT2D eigenvalue weighted by Crippen LogP contribution is 2.06. The molecule has 0 unspecified atom stereocenters. The second kappa shape index (κ2) is 4.08. The number of hydrogen-bond acceptors (Lipinski definition) is 4. The average molecular weight is 170 g/mol. The smallest absolute Gasteiger partial charge is 0.309 e. The van der Waals surface area contributed by atoms with Crippen molar-refractivity contribution in [1.29, 1.82) is 0 Å². The number of thiazole rings is 1. The van der Waals surface area contributed by atoms with Crippen molar-refractivity contribution in [1.82, 2.24) is 4.98 Å². The van der Waals surface area contributed by atoms with Gasteiger partial charge >= 0.3 is 5.97 Å². The van der Waals surface area contributed by atoms with Gasteiger partial charge in [0.25, 0.3) is 0 Å². The summed E-state index contributed by atoms with van der Waals surface area (Å²) in [6.07, 6.45) is 3.74. The lowest BCUT2D eigenvalue weighted by atomic mass is 10.3. The fourth-order valence-corrected chi connectivity index (χ4v) is 1.19. The largest absolute Gasteiger partial charge is 0.469 e. The first-order valence-corrected chi connectivity index (χ1v) is 4.00. The van der Waals surface area contributed by atoms with E-state index in [1.165, 1.54) is 24.9 Å². The summed E-state index contributed by atoms with van der Waals surface area (Å²) in [4.78, 5) is 14.6. The average Bonchev–Trinajstić information content (AvgIpc) is 2.52. The van der Waals surface area contributed by atoms with Gasteiger partial charge in [0.15, 0.2) is 0 Å². The Morgan fingerprint density at radius 2 is 2.73 bits per heavy atom. The summed E-state index contributed by atoms with van der Waals surface area (Å²) in [6.45, 7) is 0. The Bertz CT molecular complexity index is 220. The summed E-state index contributed by atoms with van der Waals surface area (Å²) >= 11 is 1.53. The molecule has 1 heterocycles. The Kier molecular flexibility index (Phi) is 3.04. The number of rotatable bonds is 3. The lowest BCUT2D eigenvalue weighted by Gasteiger charge is -1.94. The molecule has 59 valence electrons. The topological polar surface area (TPSA) is 39.2 Å². The molecule has 0 N–H and O–H groups in total. The van der Waals surface area contributed by atoms with Crippen molar-refractivity contribution in [2.75, 3.05) is 7.11 Å². The van der Waals surface area contributed by atoms with Gasteiger partial charge in [0.05, 0.1) is 18.5 Å². The number of carbonyl (C=O) groups is 1. The third-order valence-corrected chi connectivity index (χ3v) is 1.93. The zero-order valence-corrected chi connectivity index (χ0v) is 6.93. The zero-order valence-electron chi connectivity index (χ0n) is 6.11. The molecule has 1 aromatic rings. The Balaban J connectivity index is 2.29. The Morgan fingerprint density at radius 1 is 1.91 bits per heavy atom. The van der Waals surface area contributed by atoms with Gasteiger partial charge in [-0.1, -0.05) is 0 Å². The van der Waals surface area contributed by atoms with Crippen LogP contribution in [0.1, 0.15) is 5.01 Å². The monoisotopic (exact) mass is 170 g/mol. The van der Waals surface area contributed by atoms with E-state index in [4.69, 9.17) is 0 Å². The maximum absolute atomic E-state index is 10.6. The molecule has 0 saturated carbocycles.